The molecular weight excluding hydrogens is 300 g/mol. The molecule has 3 aromatic rings. The summed E-state index contributed by atoms with van der Waals surface area (Å²) in [6.07, 6.45) is 1.84. The van der Waals surface area contributed by atoms with Gasteiger partial charge in [-0.2, -0.15) is 0 Å². The normalized spacial score (nSPS) is 11.2. The molecule has 0 bridgehead atoms. The van der Waals surface area contributed by atoms with Gasteiger partial charge in [-0.3, -0.25) is 4.79 Å². The van der Waals surface area contributed by atoms with Crippen LogP contribution in [0.25, 0.3) is 11.0 Å². The van der Waals surface area contributed by atoms with Crippen LogP contribution in [0.4, 0.5) is 0 Å². The topological polar surface area (TPSA) is 39.4 Å². The van der Waals surface area contributed by atoms with Crippen LogP contribution in [0.2, 0.25) is 0 Å². The van der Waals surface area contributed by atoms with Crippen molar-refractivity contribution in [3.63, 3.8) is 0 Å². The highest BCUT2D eigenvalue weighted by atomic mass is 16.5. The van der Waals surface area contributed by atoms with Gasteiger partial charge in [-0.1, -0.05) is 37.6 Å². The Morgan fingerprint density at radius 3 is 2.54 bits per heavy atom. The quantitative estimate of drug-likeness (QED) is 0.482. The van der Waals surface area contributed by atoms with Gasteiger partial charge in [0, 0.05) is 10.9 Å². The van der Waals surface area contributed by atoms with Crippen LogP contribution in [-0.2, 0) is 11.2 Å². The van der Waals surface area contributed by atoms with Gasteiger partial charge in [0.25, 0.3) is 0 Å². The fraction of sp³-hybridized carbons (Fsp3) is 0.286. The lowest BCUT2D eigenvalue weighted by Gasteiger charge is -2.13. The lowest BCUT2D eigenvalue weighted by atomic mass is 10.0. The molecule has 2 aromatic carbocycles. The third-order valence-corrected chi connectivity index (χ3v) is 4.16. The first-order valence-electron chi connectivity index (χ1n) is 8.22. The average Bonchev–Trinajstić information content (AvgIpc) is 2.89. The Labute approximate surface area is 142 Å². The van der Waals surface area contributed by atoms with Gasteiger partial charge in [0.05, 0.1) is 12.7 Å². The zero-order chi connectivity index (χ0) is 17.3. The predicted molar refractivity (Wildman–Crippen MR) is 95.6 cm³/mol. The second kappa shape index (κ2) is 6.52. The summed E-state index contributed by atoms with van der Waals surface area (Å²) in [4.78, 5) is 12.4. The van der Waals surface area contributed by atoms with E-state index in [0.29, 0.717) is 11.7 Å². The van der Waals surface area contributed by atoms with Gasteiger partial charge in [-0.25, -0.2) is 0 Å². The molecule has 1 aromatic heterocycles. The lowest BCUT2D eigenvalue weighted by molar-refractivity contribution is -0.133. The largest absolute Gasteiger partial charge is 0.464 e. The molecule has 0 fully saturated rings. The van der Waals surface area contributed by atoms with Gasteiger partial charge in [-0.05, 0) is 49.1 Å². The molecule has 0 N–H and O–H groups in total. The third-order valence-electron chi connectivity index (χ3n) is 4.16. The zero-order valence-corrected chi connectivity index (χ0v) is 14.6. The zero-order valence-electron chi connectivity index (χ0n) is 14.6. The maximum atomic E-state index is 12.4. The molecule has 0 aliphatic carbocycles. The molecule has 0 aliphatic rings. The number of carbonyl (C=O) groups is 1. The van der Waals surface area contributed by atoms with Gasteiger partial charge >= 0.3 is 5.97 Å². The molecule has 0 saturated heterocycles. The number of ether oxygens (including phenoxy) is 1. The summed E-state index contributed by atoms with van der Waals surface area (Å²) in [6, 6.07) is 11.9. The number of benzene rings is 2. The molecule has 0 amide bonds. The minimum atomic E-state index is -0.272. The molecular formula is C21H22O3. The summed E-state index contributed by atoms with van der Waals surface area (Å²) in [5.41, 5.74) is 4.91. The Hall–Kier alpha value is -2.55. The number of esters is 1. The number of furan rings is 1. The van der Waals surface area contributed by atoms with Crippen LogP contribution in [0, 0.1) is 13.8 Å². The monoisotopic (exact) mass is 322 g/mol. The first kappa shape index (κ1) is 16.3. The Bertz CT molecular complexity index is 887. The van der Waals surface area contributed by atoms with Crippen molar-refractivity contribution in [1.29, 1.82) is 0 Å². The Morgan fingerprint density at radius 1 is 1.08 bits per heavy atom. The summed E-state index contributed by atoms with van der Waals surface area (Å²) in [5, 5.41) is 0.972. The molecule has 0 saturated carbocycles. The number of fused-ring (bicyclic) bond motifs is 1. The van der Waals surface area contributed by atoms with Crippen molar-refractivity contribution < 1.29 is 13.9 Å². The fourth-order valence-corrected chi connectivity index (χ4v) is 2.85. The third kappa shape index (κ3) is 3.35. The van der Waals surface area contributed by atoms with E-state index in [9.17, 15) is 4.79 Å². The molecule has 0 aliphatic heterocycles. The van der Waals surface area contributed by atoms with E-state index < -0.39 is 0 Å². The molecule has 0 radical (unpaired) electrons. The number of hydrogen-bond acceptors (Lipinski definition) is 3. The SMILES string of the molecule is Cc1ccc(C(C)C)c(OC(=O)Cc2coc3ccc(C)cc23)c1. The maximum Gasteiger partial charge on any atom is 0.315 e. The van der Waals surface area contributed by atoms with Crippen molar-refractivity contribution in [2.75, 3.05) is 0 Å². The Morgan fingerprint density at radius 2 is 1.79 bits per heavy atom. The number of aryl methyl sites for hydroxylation is 2. The van der Waals surface area contributed by atoms with Gasteiger partial charge in [0.2, 0.25) is 0 Å². The maximum absolute atomic E-state index is 12.4. The van der Waals surface area contributed by atoms with Gasteiger partial charge in [-0.15, -0.1) is 0 Å². The van der Waals surface area contributed by atoms with Crippen LogP contribution in [0.5, 0.6) is 5.75 Å². The average molecular weight is 322 g/mol. The van der Waals surface area contributed by atoms with E-state index in [4.69, 9.17) is 9.15 Å². The summed E-state index contributed by atoms with van der Waals surface area (Å²) in [7, 11) is 0. The molecule has 24 heavy (non-hydrogen) atoms. The first-order chi connectivity index (χ1) is 11.4. The van der Waals surface area contributed by atoms with Crippen LogP contribution in [0.15, 0.2) is 47.1 Å². The van der Waals surface area contributed by atoms with Crippen molar-refractivity contribution >= 4 is 16.9 Å². The van der Waals surface area contributed by atoms with E-state index in [1.54, 1.807) is 6.26 Å². The lowest BCUT2D eigenvalue weighted by Crippen LogP contribution is -2.12. The smallest absolute Gasteiger partial charge is 0.315 e. The fourth-order valence-electron chi connectivity index (χ4n) is 2.85. The highest BCUT2D eigenvalue weighted by Crippen LogP contribution is 2.28. The number of hydrogen-bond donors (Lipinski definition) is 0. The molecule has 3 rings (SSSR count). The van der Waals surface area contributed by atoms with E-state index in [-0.39, 0.29) is 12.4 Å². The van der Waals surface area contributed by atoms with Crippen molar-refractivity contribution in [3.8, 4) is 5.75 Å². The van der Waals surface area contributed by atoms with E-state index in [2.05, 4.69) is 13.8 Å². The number of carbonyl (C=O) groups excluding carboxylic acids is 1. The second-order valence-corrected chi connectivity index (χ2v) is 6.61. The Balaban J connectivity index is 1.83. The van der Waals surface area contributed by atoms with Crippen LogP contribution < -0.4 is 4.74 Å². The Kier molecular flexibility index (Phi) is 4.43. The van der Waals surface area contributed by atoms with Crippen LogP contribution >= 0.6 is 0 Å². The second-order valence-electron chi connectivity index (χ2n) is 6.61. The minimum Gasteiger partial charge on any atom is -0.464 e. The van der Waals surface area contributed by atoms with E-state index in [0.717, 1.165) is 33.2 Å². The minimum absolute atomic E-state index is 0.196. The number of rotatable bonds is 4. The summed E-state index contributed by atoms with van der Waals surface area (Å²) >= 11 is 0. The molecule has 3 heteroatoms. The standard InChI is InChI=1S/C21H22O3/c1-13(2)17-7-5-15(4)10-20(17)24-21(22)11-16-12-23-19-8-6-14(3)9-18(16)19/h5-10,12-13H,11H2,1-4H3. The molecule has 124 valence electrons. The van der Waals surface area contributed by atoms with Crippen LogP contribution in [0.3, 0.4) is 0 Å². The van der Waals surface area contributed by atoms with E-state index in [1.165, 1.54) is 0 Å². The van der Waals surface area contributed by atoms with Crippen LogP contribution in [0.1, 0.15) is 42.0 Å². The molecule has 3 nitrogen and oxygen atoms in total. The molecule has 0 atom stereocenters. The summed E-state index contributed by atoms with van der Waals surface area (Å²) < 4.78 is 11.2. The molecule has 1 heterocycles. The summed E-state index contributed by atoms with van der Waals surface area (Å²) in [5.74, 6) is 0.677. The van der Waals surface area contributed by atoms with Crippen molar-refractivity contribution in [2.45, 2.75) is 40.0 Å². The van der Waals surface area contributed by atoms with Crippen molar-refractivity contribution in [2.24, 2.45) is 0 Å². The van der Waals surface area contributed by atoms with Gasteiger partial charge < -0.3 is 9.15 Å². The van der Waals surface area contributed by atoms with E-state index in [1.807, 2.05) is 50.2 Å². The van der Waals surface area contributed by atoms with Crippen molar-refractivity contribution in [3.05, 3.63) is 64.9 Å². The summed E-state index contributed by atoms with van der Waals surface area (Å²) in [6.45, 7) is 8.20. The van der Waals surface area contributed by atoms with Crippen LogP contribution in [-0.4, -0.2) is 5.97 Å². The highest BCUT2D eigenvalue weighted by molar-refractivity contribution is 5.86. The highest BCUT2D eigenvalue weighted by Gasteiger charge is 2.15. The first-order valence-corrected chi connectivity index (χ1v) is 8.22. The predicted octanol–water partition coefficient (Wildman–Crippen LogP) is 5.32. The van der Waals surface area contributed by atoms with Gasteiger partial charge in [0.15, 0.2) is 0 Å². The molecule has 0 spiro atoms. The van der Waals surface area contributed by atoms with Gasteiger partial charge in [0.1, 0.15) is 11.3 Å². The molecule has 0 unspecified atom stereocenters. The van der Waals surface area contributed by atoms with E-state index >= 15 is 0 Å². The van der Waals surface area contributed by atoms with Crippen molar-refractivity contribution in [1.82, 2.24) is 0 Å².